The van der Waals surface area contributed by atoms with E-state index >= 15 is 0 Å². The van der Waals surface area contributed by atoms with Crippen molar-refractivity contribution in [3.05, 3.63) is 90.3 Å². The number of amides is 1. The van der Waals surface area contributed by atoms with Gasteiger partial charge < -0.3 is 14.8 Å². The number of hydrogen-bond donors (Lipinski definition) is 1. The minimum atomic E-state index is -0.346. The Hall–Kier alpha value is -3.21. The summed E-state index contributed by atoms with van der Waals surface area (Å²) < 4.78 is 14.0. The lowest BCUT2D eigenvalue weighted by molar-refractivity contribution is -0.118. The third-order valence-corrected chi connectivity index (χ3v) is 9.31. The highest BCUT2D eigenvalue weighted by atomic mass is 79.9. The molecule has 1 aliphatic rings. The molecule has 8 nitrogen and oxygen atoms in total. The van der Waals surface area contributed by atoms with E-state index in [2.05, 4.69) is 42.3 Å². The Morgan fingerprint density at radius 2 is 1.85 bits per heavy atom. The van der Waals surface area contributed by atoms with Crippen molar-refractivity contribution in [3.63, 3.8) is 0 Å². The molecule has 212 valence electrons. The lowest BCUT2D eigenvalue weighted by Gasteiger charge is -2.22. The van der Waals surface area contributed by atoms with E-state index in [-0.39, 0.29) is 24.0 Å². The molecule has 4 aromatic rings. The normalized spacial score (nSPS) is 14.0. The highest BCUT2D eigenvalue weighted by Crippen LogP contribution is 2.42. The number of methoxy groups -OCH3 is 1. The Balaban J connectivity index is 1.43. The molecule has 1 heterocycles. The zero-order chi connectivity index (χ0) is 28.9. The third-order valence-electron chi connectivity index (χ3n) is 6.91. The molecular formula is C30H27Br2ClN4O4. The first-order valence-electron chi connectivity index (χ1n) is 13.2. The number of para-hydroxylation sites is 1. The van der Waals surface area contributed by atoms with Gasteiger partial charge in [0.15, 0.2) is 18.1 Å². The number of rotatable bonds is 8. The number of carbonyl (C=O) groups is 1. The van der Waals surface area contributed by atoms with Crippen LogP contribution in [0.5, 0.6) is 11.5 Å². The molecule has 3 aromatic carbocycles. The molecule has 11 heteroatoms. The average Bonchev–Trinajstić information content (AvgIpc) is 2.99. The maximum Gasteiger partial charge on any atom is 0.282 e. The van der Waals surface area contributed by atoms with Crippen molar-refractivity contribution in [3.8, 4) is 11.5 Å². The standard InChI is InChI=1S/C30H27Br2ClN4O4/c1-40-24-15-19(26(31)27(32)28(24)41-17-25(38)35-21-13-11-20(33)12-14-21)16-34-37-29(18-7-3-2-4-8-18)36-23-10-6-5-9-22(23)30(37)39/h5-6,9-16,18H,2-4,7-8,17H2,1H3,(H,35,38). The lowest BCUT2D eigenvalue weighted by Crippen LogP contribution is -2.25. The molecule has 1 amide bonds. The maximum atomic E-state index is 13.5. The van der Waals surface area contributed by atoms with E-state index in [1.54, 1.807) is 42.6 Å². The zero-order valence-electron chi connectivity index (χ0n) is 22.2. The first-order valence-corrected chi connectivity index (χ1v) is 15.1. The van der Waals surface area contributed by atoms with Crippen molar-refractivity contribution < 1.29 is 14.3 Å². The smallest absolute Gasteiger partial charge is 0.282 e. The molecule has 1 aliphatic carbocycles. The Bertz CT molecular complexity index is 1670. The van der Waals surface area contributed by atoms with Crippen LogP contribution in [-0.2, 0) is 4.79 Å². The molecule has 0 unspecified atom stereocenters. The molecule has 0 bridgehead atoms. The summed E-state index contributed by atoms with van der Waals surface area (Å²) in [5.74, 6) is 1.23. The van der Waals surface area contributed by atoms with E-state index in [1.165, 1.54) is 18.2 Å². The molecule has 0 radical (unpaired) electrons. The summed E-state index contributed by atoms with van der Waals surface area (Å²) in [6.07, 6.45) is 6.94. The molecule has 0 saturated heterocycles. The largest absolute Gasteiger partial charge is 0.493 e. The summed E-state index contributed by atoms with van der Waals surface area (Å²) in [6.45, 7) is -0.250. The molecular weight excluding hydrogens is 676 g/mol. The van der Waals surface area contributed by atoms with E-state index in [0.717, 1.165) is 25.7 Å². The molecule has 0 spiro atoms. The Morgan fingerprint density at radius 3 is 2.59 bits per heavy atom. The van der Waals surface area contributed by atoms with E-state index in [9.17, 15) is 9.59 Å². The van der Waals surface area contributed by atoms with Gasteiger partial charge in [-0.05, 0) is 87.2 Å². The van der Waals surface area contributed by atoms with E-state index < -0.39 is 0 Å². The number of ether oxygens (including phenoxy) is 2. The van der Waals surface area contributed by atoms with E-state index in [4.69, 9.17) is 26.1 Å². The van der Waals surface area contributed by atoms with E-state index in [1.807, 2.05) is 18.2 Å². The minimum absolute atomic E-state index is 0.165. The number of hydrogen-bond acceptors (Lipinski definition) is 6. The van der Waals surface area contributed by atoms with Crippen molar-refractivity contribution in [2.45, 2.75) is 38.0 Å². The molecule has 1 saturated carbocycles. The summed E-state index contributed by atoms with van der Waals surface area (Å²) >= 11 is 13.1. The van der Waals surface area contributed by atoms with Gasteiger partial charge in [-0.15, -0.1) is 0 Å². The molecule has 0 atom stereocenters. The fourth-order valence-electron chi connectivity index (χ4n) is 4.85. The van der Waals surface area contributed by atoms with Gasteiger partial charge >= 0.3 is 0 Å². The Morgan fingerprint density at radius 1 is 1.12 bits per heavy atom. The van der Waals surface area contributed by atoms with Crippen molar-refractivity contribution >= 4 is 72.2 Å². The second kappa shape index (κ2) is 13.2. The predicted molar refractivity (Wildman–Crippen MR) is 169 cm³/mol. The van der Waals surface area contributed by atoms with Gasteiger partial charge in [0.05, 0.1) is 28.7 Å². The number of fused-ring (bicyclic) bond motifs is 1. The SMILES string of the molecule is COc1cc(C=Nn2c(C3CCCCC3)nc3ccccc3c2=O)c(Br)c(Br)c1OCC(=O)Nc1ccc(Cl)cc1. The van der Waals surface area contributed by atoms with Gasteiger partial charge in [-0.2, -0.15) is 9.78 Å². The van der Waals surface area contributed by atoms with Crippen LogP contribution in [0.2, 0.25) is 5.02 Å². The van der Waals surface area contributed by atoms with Crippen LogP contribution in [0.1, 0.15) is 49.4 Å². The first kappa shape index (κ1) is 29.3. The second-order valence-corrected chi connectivity index (χ2v) is 11.7. The van der Waals surface area contributed by atoms with Gasteiger partial charge in [0.25, 0.3) is 11.5 Å². The Kier molecular flexibility index (Phi) is 9.42. The van der Waals surface area contributed by atoms with E-state index in [0.29, 0.717) is 53.4 Å². The number of carbonyl (C=O) groups excluding carboxylic acids is 1. The molecule has 1 aromatic heterocycles. The second-order valence-electron chi connectivity index (χ2n) is 9.65. The highest BCUT2D eigenvalue weighted by molar-refractivity contribution is 9.13. The van der Waals surface area contributed by atoms with Crippen LogP contribution >= 0.6 is 43.5 Å². The summed E-state index contributed by atoms with van der Waals surface area (Å²) in [4.78, 5) is 30.9. The molecule has 0 aliphatic heterocycles. The number of aromatic nitrogens is 2. The number of anilines is 1. The van der Waals surface area contributed by atoms with Crippen LogP contribution in [0.4, 0.5) is 5.69 Å². The number of halogens is 3. The lowest BCUT2D eigenvalue weighted by atomic mass is 9.88. The fourth-order valence-corrected chi connectivity index (χ4v) is 5.91. The van der Waals surface area contributed by atoms with Crippen molar-refractivity contribution in [1.29, 1.82) is 0 Å². The maximum absolute atomic E-state index is 13.5. The minimum Gasteiger partial charge on any atom is -0.493 e. The number of nitrogens with one attached hydrogen (secondary N) is 1. The third kappa shape index (κ3) is 6.66. The summed E-state index contributed by atoms with van der Waals surface area (Å²) in [6, 6.07) is 15.9. The highest BCUT2D eigenvalue weighted by Gasteiger charge is 2.23. The first-order chi connectivity index (χ1) is 19.9. The molecule has 41 heavy (non-hydrogen) atoms. The number of benzene rings is 3. The van der Waals surface area contributed by atoms with Gasteiger partial charge in [0, 0.05) is 26.7 Å². The quantitative estimate of drug-likeness (QED) is 0.192. The zero-order valence-corrected chi connectivity index (χ0v) is 26.1. The topological polar surface area (TPSA) is 94.8 Å². The van der Waals surface area contributed by atoms with Crippen molar-refractivity contribution in [1.82, 2.24) is 9.66 Å². The van der Waals surface area contributed by atoms with Crippen LogP contribution in [-0.4, -0.2) is 35.5 Å². The van der Waals surface area contributed by atoms with Crippen LogP contribution in [0.15, 0.2) is 73.4 Å². The molecule has 1 N–H and O–H groups in total. The number of nitrogens with zero attached hydrogens (tertiary/aromatic N) is 3. The van der Waals surface area contributed by atoms with Gasteiger partial charge in [0.1, 0.15) is 5.82 Å². The summed E-state index contributed by atoms with van der Waals surface area (Å²) in [5, 5.41) is 8.49. The van der Waals surface area contributed by atoms with Gasteiger partial charge in [-0.25, -0.2) is 4.98 Å². The van der Waals surface area contributed by atoms with Gasteiger partial charge in [0.2, 0.25) is 0 Å². The van der Waals surface area contributed by atoms with Crippen LogP contribution < -0.4 is 20.3 Å². The molecule has 1 fully saturated rings. The predicted octanol–water partition coefficient (Wildman–Crippen LogP) is 7.53. The average molecular weight is 703 g/mol. The van der Waals surface area contributed by atoms with Gasteiger partial charge in [-0.1, -0.05) is 43.0 Å². The van der Waals surface area contributed by atoms with Crippen LogP contribution in [0.25, 0.3) is 10.9 Å². The monoisotopic (exact) mass is 700 g/mol. The van der Waals surface area contributed by atoms with Crippen molar-refractivity contribution in [2.24, 2.45) is 5.10 Å². The molecule has 5 rings (SSSR count). The van der Waals surface area contributed by atoms with Crippen LogP contribution in [0.3, 0.4) is 0 Å². The summed E-state index contributed by atoms with van der Waals surface area (Å²) in [7, 11) is 1.51. The fraction of sp³-hybridized carbons (Fsp3) is 0.267. The Labute approximate surface area is 259 Å². The van der Waals surface area contributed by atoms with Crippen molar-refractivity contribution in [2.75, 3.05) is 19.0 Å². The van der Waals surface area contributed by atoms with Crippen LogP contribution in [0, 0.1) is 0 Å². The summed E-state index contributed by atoms with van der Waals surface area (Å²) in [5.41, 5.74) is 1.71. The van der Waals surface area contributed by atoms with Gasteiger partial charge in [-0.3, -0.25) is 9.59 Å².